The molecule has 220 valence electrons. The van der Waals surface area contributed by atoms with E-state index < -0.39 is 0 Å². The van der Waals surface area contributed by atoms with E-state index in [1.807, 2.05) is 98.0 Å². The van der Waals surface area contributed by atoms with Crippen LogP contribution in [0.4, 0.5) is 5.69 Å². The maximum absolute atomic E-state index is 14.0. The van der Waals surface area contributed by atoms with Crippen LogP contribution in [0.2, 0.25) is 0 Å². The Morgan fingerprint density at radius 1 is 0.628 bits per heavy atom. The van der Waals surface area contributed by atoms with Gasteiger partial charge >= 0.3 is 0 Å². The lowest BCUT2D eigenvalue weighted by atomic mass is 10.1. The van der Waals surface area contributed by atoms with Crippen LogP contribution in [0.3, 0.4) is 0 Å². The number of carbonyl (C=O) groups is 2. The van der Waals surface area contributed by atoms with Crippen molar-refractivity contribution in [1.29, 1.82) is 0 Å². The molecule has 4 aromatic carbocycles. The second kappa shape index (κ2) is 14.4. The van der Waals surface area contributed by atoms with Crippen molar-refractivity contribution in [1.82, 2.24) is 14.8 Å². The van der Waals surface area contributed by atoms with E-state index in [2.05, 4.69) is 46.3 Å². The summed E-state index contributed by atoms with van der Waals surface area (Å²) in [7, 11) is 4.03. The van der Waals surface area contributed by atoms with Gasteiger partial charge in [0.15, 0.2) is 0 Å². The number of benzene rings is 4. The van der Waals surface area contributed by atoms with Crippen molar-refractivity contribution in [2.75, 3.05) is 32.1 Å². The van der Waals surface area contributed by atoms with Gasteiger partial charge in [-0.15, -0.1) is 0 Å². The molecule has 6 nitrogen and oxygen atoms in total. The fourth-order valence-corrected chi connectivity index (χ4v) is 5.36. The van der Waals surface area contributed by atoms with Crippen molar-refractivity contribution < 1.29 is 9.59 Å². The molecule has 5 aromatic rings. The average molecular weight is 573 g/mol. The normalized spacial score (nSPS) is 10.9. The lowest BCUT2D eigenvalue weighted by Crippen LogP contribution is -2.43. The van der Waals surface area contributed by atoms with Crippen LogP contribution in [0.5, 0.6) is 0 Å². The monoisotopic (exact) mass is 572 g/mol. The minimum absolute atomic E-state index is 0.0204. The molecule has 1 N–H and O–H groups in total. The summed E-state index contributed by atoms with van der Waals surface area (Å²) in [5.41, 5.74) is 6.56. The summed E-state index contributed by atoms with van der Waals surface area (Å²) in [5.74, 6) is -0.0755. The lowest BCUT2D eigenvalue weighted by molar-refractivity contribution is -0.141. The number of aromatic nitrogens is 1. The molecule has 0 aliphatic carbocycles. The Hall–Kier alpha value is -4.84. The molecule has 0 radical (unpaired) electrons. The number of amides is 2. The predicted molar refractivity (Wildman–Crippen MR) is 175 cm³/mol. The minimum Gasteiger partial charge on any atom is -0.378 e. The first-order valence-corrected chi connectivity index (χ1v) is 14.9. The van der Waals surface area contributed by atoms with E-state index in [0.717, 1.165) is 27.9 Å². The summed E-state index contributed by atoms with van der Waals surface area (Å²) in [6.45, 7) is 1.46. The SMILES string of the molecule is CN(C)c1ccc(CN(CCc2c[nH]c3ccccc23)C(=O)CN(Cc2ccccc2)C(=O)CCc2ccccc2)cc1. The molecule has 0 bridgehead atoms. The summed E-state index contributed by atoms with van der Waals surface area (Å²) in [4.78, 5) is 36.6. The summed E-state index contributed by atoms with van der Waals surface area (Å²) in [5, 5.41) is 1.17. The molecule has 2 amide bonds. The van der Waals surface area contributed by atoms with E-state index in [0.29, 0.717) is 38.9 Å². The highest BCUT2D eigenvalue weighted by Crippen LogP contribution is 2.20. The van der Waals surface area contributed by atoms with Gasteiger partial charge in [0.2, 0.25) is 11.8 Å². The average Bonchev–Trinajstić information content (AvgIpc) is 3.45. The second-order valence-electron chi connectivity index (χ2n) is 11.2. The summed E-state index contributed by atoms with van der Waals surface area (Å²) >= 11 is 0. The fourth-order valence-electron chi connectivity index (χ4n) is 5.36. The number of nitrogens with one attached hydrogen (secondary N) is 1. The van der Waals surface area contributed by atoms with Crippen LogP contribution in [0, 0.1) is 0 Å². The van der Waals surface area contributed by atoms with Crippen LogP contribution in [0.15, 0.2) is 115 Å². The summed E-state index contributed by atoms with van der Waals surface area (Å²) in [6.07, 6.45) is 3.74. The molecular weight excluding hydrogens is 532 g/mol. The van der Waals surface area contributed by atoms with Gasteiger partial charge in [-0.25, -0.2) is 0 Å². The molecule has 0 aliphatic rings. The van der Waals surface area contributed by atoms with Crippen LogP contribution in [0.1, 0.15) is 28.7 Å². The van der Waals surface area contributed by atoms with Gasteiger partial charge in [0.1, 0.15) is 6.54 Å². The zero-order valence-electron chi connectivity index (χ0n) is 25.1. The van der Waals surface area contributed by atoms with Crippen LogP contribution in [0.25, 0.3) is 10.9 Å². The van der Waals surface area contributed by atoms with Gasteiger partial charge in [-0.1, -0.05) is 91.0 Å². The zero-order valence-corrected chi connectivity index (χ0v) is 25.1. The number of anilines is 1. The molecule has 0 atom stereocenters. The lowest BCUT2D eigenvalue weighted by Gasteiger charge is -2.28. The number of para-hydroxylation sites is 1. The quantitative estimate of drug-likeness (QED) is 0.176. The van der Waals surface area contributed by atoms with Gasteiger partial charge in [-0.3, -0.25) is 9.59 Å². The van der Waals surface area contributed by atoms with E-state index in [4.69, 9.17) is 0 Å². The molecule has 0 aliphatic heterocycles. The fraction of sp³-hybridized carbons (Fsp3) is 0.243. The van der Waals surface area contributed by atoms with E-state index in [1.54, 1.807) is 4.90 Å². The highest BCUT2D eigenvalue weighted by atomic mass is 16.2. The number of aromatic amines is 1. The molecule has 0 fully saturated rings. The molecule has 0 saturated heterocycles. The van der Waals surface area contributed by atoms with Gasteiger partial charge in [0.05, 0.1) is 0 Å². The first-order chi connectivity index (χ1) is 21.0. The number of fused-ring (bicyclic) bond motifs is 1. The number of rotatable bonds is 13. The second-order valence-corrected chi connectivity index (χ2v) is 11.2. The Bertz CT molecular complexity index is 1610. The zero-order chi connectivity index (χ0) is 30.0. The molecule has 1 aromatic heterocycles. The predicted octanol–water partition coefficient (Wildman–Crippen LogP) is 6.47. The van der Waals surface area contributed by atoms with Crippen molar-refractivity contribution in [2.24, 2.45) is 0 Å². The minimum atomic E-state index is -0.0551. The summed E-state index contributed by atoms with van der Waals surface area (Å²) in [6, 6.07) is 36.5. The number of hydrogen-bond donors (Lipinski definition) is 1. The van der Waals surface area contributed by atoms with Gasteiger partial charge in [0.25, 0.3) is 0 Å². The first-order valence-electron chi connectivity index (χ1n) is 14.9. The third-order valence-electron chi connectivity index (χ3n) is 7.87. The Morgan fingerprint density at radius 3 is 1.93 bits per heavy atom. The van der Waals surface area contributed by atoms with E-state index >= 15 is 0 Å². The first kappa shape index (κ1) is 29.6. The van der Waals surface area contributed by atoms with Gasteiger partial charge in [-0.05, 0) is 53.3 Å². The van der Waals surface area contributed by atoms with Crippen molar-refractivity contribution in [3.63, 3.8) is 0 Å². The molecule has 0 saturated carbocycles. The van der Waals surface area contributed by atoms with E-state index in [1.165, 1.54) is 10.9 Å². The Kier molecular flexibility index (Phi) is 9.90. The highest BCUT2D eigenvalue weighted by molar-refractivity contribution is 5.85. The number of H-pyrrole nitrogens is 1. The number of carbonyl (C=O) groups excluding carboxylic acids is 2. The number of hydrogen-bond acceptors (Lipinski definition) is 3. The van der Waals surface area contributed by atoms with E-state index in [9.17, 15) is 9.59 Å². The third-order valence-corrected chi connectivity index (χ3v) is 7.87. The Labute approximate surface area is 254 Å². The van der Waals surface area contributed by atoms with Gasteiger partial charge in [-0.2, -0.15) is 0 Å². The highest BCUT2D eigenvalue weighted by Gasteiger charge is 2.22. The molecule has 6 heteroatoms. The number of nitrogens with zero attached hydrogens (tertiary/aromatic N) is 3. The Balaban J connectivity index is 1.35. The third kappa shape index (κ3) is 8.13. The van der Waals surface area contributed by atoms with Crippen molar-refractivity contribution >= 4 is 28.4 Å². The van der Waals surface area contributed by atoms with Crippen molar-refractivity contribution in [3.05, 3.63) is 138 Å². The van der Waals surface area contributed by atoms with Crippen LogP contribution in [-0.4, -0.2) is 53.8 Å². The molecule has 0 unspecified atom stereocenters. The van der Waals surface area contributed by atoms with E-state index in [-0.39, 0.29) is 18.4 Å². The largest absolute Gasteiger partial charge is 0.378 e. The van der Waals surface area contributed by atoms with Crippen LogP contribution < -0.4 is 4.90 Å². The molecule has 5 rings (SSSR count). The van der Waals surface area contributed by atoms with Gasteiger partial charge < -0.3 is 19.7 Å². The maximum Gasteiger partial charge on any atom is 0.242 e. The standard InChI is InChI=1S/C37H40N4O2/c1-39(2)33-20-17-31(18-21-33)26-40(24-23-32-25-38-35-16-10-9-15-34(32)35)37(43)28-41(27-30-13-7-4-8-14-30)36(42)22-19-29-11-5-3-6-12-29/h3-18,20-21,25,38H,19,22-24,26-28H2,1-2H3. The van der Waals surface area contributed by atoms with Crippen LogP contribution in [-0.2, 0) is 35.5 Å². The maximum atomic E-state index is 14.0. The summed E-state index contributed by atoms with van der Waals surface area (Å²) < 4.78 is 0. The Morgan fingerprint density at radius 2 is 1.23 bits per heavy atom. The van der Waals surface area contributed by atoms with Crippen molar-refractivity contribution in [3.8, 4) is 0 Å². The smallest absolute Gasteiger partial charge is 0.242 e. The molecule has 1 heterocycles. The van der Waals surface area contributed by atoms with Gasteiger partial charge in [0, 0.05) is 62.9 Å². The number of aryl methyl sites for hydroxylation is 1. The molecular formula is C37H40N4O2. The molecule has 0 spiro atoms. The molecule has 43 heavy (non-hydrogen) atoms. The van der Waals surface area contributed by atoms with Crippen LogP contribution >= 0.6 is 0 Å². The topological polar surface area (TPSA) is 59.7 Å². The van der Waals surface area contributed by atoms with Crippen molar-refractivity contribution in [2.45, 2.75) is 32.4 Å².